The molecule has 3 aromatic heterocycles. The van der Waals surface area contributed by atoms with Crippen LogP contribution in [0.5, 0.6) is 0 Å². The van der Waals surface area contributed by atoms with E-state index in [9.17, 15) is 0 Å². The number of hydrogen-bond donors (Lipinski definition) is 0. The zero-order chi connectivity index (χ0) is 10.1. The molecule has 0 saturated heterocycles. The Morgan fingerprint density at radius 1 is 1.07 bits per heavy atom. The summed E-state index contributed by atoms with van der Waals surface area (Å²) in [5, 5.41) is 10.0. The smallest absolute Gasteiger partial charge is 0.200 e. The second-order valence-electron chi connectivity index (χ2n) is 2.96. The predicted molar refractivity (Wildman–Crippen MR) is 58.4 cm³/mol. The Morgan fingerprint density at radius 3 is 2.93 bits per heavy atom. The van der Waals surface area contributed by atoms with E-state index in [0.717, 1.165) is 10.4 Å². The normalized spacial score (nSPS) is 10.7. The Balaban J connectivity index is 2.22. The van der Waals surface area contributed by atoms with Gasteiger partial charge < -0.3 is 0 Å². The molecule has 0 fully saturated rings. The minimum Gasteiger partial charge on any atom is -0.234 e. The first kappa shape index (κ1) is 8.43. The minimum absolute atomic E-state index is 0.581. The third-order valence-electron chi connectivity index (χ3n) is 1.97. The lowest BCUT2D eigenvalue weighted by Crippen LogP contribution is -1.93. The van der Waals surface area contributed by atoms with E-state index in [0.29, 0.717) is 11.5 Å². The van der Waals surface area contributed by atoms with Crippen LogP contribution in [-0.2, 0) is 0 Å². The first-order chi connectivity index (χ1) is 7.43. The second-order valence-corrected chi connectivity index (χ2v) is 3.91. The average molecular weight is 214 g/mol. The van der Waals surface area contributed by atoms with Gasteiger partial charge in [-0.3, -0.25) is 0 Å². The van der Waals surface area contributed by atoms with Gasteiger partial charge in [-0.15, -0.1) is 21.5 Å². The molecule has 5 heteroatoms. The molecule has 0 spiro atoms. The fourth-order valence-electron chi connectivity index (χ4n) is 1.29. The highest BCUT2D eigenvalue weighted by Crippen LogP contribution is 2.20. The first-order valence-corrected chi connectivity index (χ1v) is 5.31. The van der Waals surface area contributed by atoms with Crippen molar-refractivity contribution in [2.45, 2.75) is 0 Å². The molecule has 0 saturated carbocycles. The number of hydrogen-bond acceptors (Lipinski definition) is 5. The molecule has 0 unspecified atom stereocenters. The van der Waals surface area contributed by atoms with Crippen molar-refractivity contribution >= 4 is 22.5 Å². The maximum atomic E-state index is 4.39. The summed E-state index contributed by atoms with van der Waals surface area (Å²) in [7, 11) is 0. The molecule has 0 radical (unpaired) electrons. The summed E-state index contributed by atoms with van der Waals surface area (Å²) in [6, 6.07) is 7.67. The molecule has 72 valence electrons. The van der Waals surface area contributed by atoms with Gasteiger partial charge in [0.2, 0.25) is 0 Å². The quantitative estimate of drug-likeness (QED) is 0.622. The van der Waals surface area contributed by atoms with Crippen molar-refractivity contribution < 1.29 is 0 Å². The Morgan fingerprint density at radius 2 is 2.07 bits per heavy atom. The zero-order valence-corrected chi connectivity index (χ0v) is 8.48. The van der Waals surface area contributed by atoms with Gasteiger partial charge in [0.15, 0.2) is 11.5 Å². The van der Waals surface area contributed by atoms with Crippen molar-refractivity contribution in [1.29, 1.82) is 0 Å². The van der Waals surface area contributed by atoms with E-state index in [1.54, 1.807) is 17.5 Å². The zero-order valence-electron chi connectivity index (χ0n) is 7.66. The van der Waals surface area contributed by atoms with Gasteiger partial charge >= 0.3 is 0 Å². The molecule has 0 aliphatic carbocycles. The molecule has 0 amide bonds. The molecule has 0 aromatic carbocycles. The van der Waals surface area contributed by atoms with Crippen LogP contribution in [0, 0.1) is 0 Å². The third kappa shape index (κ3) is 1.46. The van der Waals surface area contributed by atoms with Crippen molar-refractivity contribution in [3.05, 3.63) is 35.8 Å². The summed E-state index contributed by atoms with van der Waals surface area (Å²) in [6.07, 6.45) is 1.68. The van der Waals surface area contributed by atoms with Crippen molar-refractivity contribution in [3.63, 3.8) is 0 Å². The summed E-state index contributed by atoms with van der Waals surface area (Å²) in [5.41, 5.74) is 1.36. The molecule has 0 N–H and O–H groups in total. The summed E-state index contributed by atoms with van der Waals surface area (Å²) < 4.78 is 0. The van der Waals surface area contributed by atoms with E-state index in [4.69, 9.17) is 0 Å². The van der Waals surface area contributed by atoms with Crippen LogP contribution in [0.1, 0.15) is 0 Å². The standard InChI is InChI=1S/C10H6N4S/c1-3-7-9(11-5-1)13-14-10(12-7)8-4-2-6-15-8/h1-6H. The summed E-state index contributed by atoms with van der Waals surface area (Å²) >= 11 is 1.60. The molecular weight excluding hydrogens is 208 g/mol. The van der Waals surface area contributed by atoms with Crippen LogP contribution in [0.15, 0.2) is 35.8 Å². The molecule has 0 aliphatic heterocycles. The van der Waals surface area contributed by atoms with Gasteiger partial charge in [0.1, 0.15) is 5.52 Å². The maximum Gasteiger partial charge on any atom is 0.200 e. The lowest BCUT2D eigenvalue weighted by molar-refractivity contribution is 1.01. The van der Waals surface area contributed by atoms with E-state index in [1.807, 2.05) is 29.6 Å². The predicted octanol–water partition coefficient (Wildman–Crippen LogP) is 2.15. The van der Waals surface area contributed by atoms with Gasteiger partial charge in [-0.25, -0.2) is 9.97 Å². The SMILES string of the molecule is c1csc(-c2nnc3ncccc3n2)c1. The van der Waals surface area contributed by atoms with Crippen LogP contribution in [-0.4, -0.2) is 20.2 Å². The molecule has 4 nitrogen and oxygen atoms in total. The lowest BCUT2D eigenvalue weighted by atomic mass is 10.4. The van der Waals surface area contributed by atoms with Crippen molar-refractivity contribution in [2.75, 3.05) is 0 Å². The lowest BCUT2D eigenvalue weighted by Gasteiger charge is -1.96. The second kappa shape index (κ2) is 3.36. The topological polar surface area (TPSA) is 51.6 Å². The van der Waals surface area contributed by atoms with E-state index in [1.165, 1.54) is 0 Å². The monoisotopic (exact) mass is 214 g/mol. The molecule has 3 heterocycles. The van der Waals surface area contributed by atoms with Crippen molar-refractivity contribution in [3.8, 4) is 10.7 Å². The number of fused-ring (bicyclic) bond motifs is 1. The van der Waals surface area contributed by atoms with Crippen LogP contribution in [0.25, 0.3) is 21.9 Å². The highest BCUT2D eigenvalue weighted by atomic mass is 32.1. The third-order valence-corrected chi connectivity index (χ3v) is 2.84. The van der Waals surface area contributed by atoms with E-state index in [2.05, 4.69) is 20.2 Å². The van der Waals surface area contributed by atoms with Crippen LogP contribution in [0.3, 0.4) is 0 Å². The van der Waals surface area contributed by atoms with Crippen LogP contribution < -0.4 is 0 Å². The summed E-state index contributed by atoms with van der Waals surface area (Å²) in [4.78, 5) is 9.48. The molecule has 3 aromatic rings. The maximum absolute atomic E-state index is 4.39. The van der Waals surface area contributed by atoms with Gasteiger partial charge in [-0.05, 0) is 23.6 Å². The Kier molecular flexibility index (Phi) is 1.89. The number of nitrogens with zero attached hydrogens (tertiary/aromatic N) is 4. The minimum atomic E-state index is 0.581. The van der Waals surface area contributed by atoms with Gasteiger partial charge in [-0.2, -0.15) is 0 Å². The fraction of sp³-hybridized carbons (Fsp3) is 0. The van der Waals surface area contributed by atoms with Gasteiger partial charge in [-0.1, -0.05) is 6.07 Å². The van der Waals surface area contributed by atoms with Crippen LogP contribution >= 0.6 is 11.3 Å². The largest absolute Gasteiger partial charge is 0.234 e. The first-order valence-electron chi connectivity index (χ1n) is 4.43. The van der Waals surface area contributed by atoms with Crippen LogP contribution in [0.4, 0.5) is 0 Å². The number of pyridine rings is 1. The molecule has 15 heavy (non-hydrogen) atoms. The Labute approximate surface area is 89.7 Å². The summed E-state index contributed by atoms with van der Waals surface area (Å²) in [6.45, 7) is 0. The highest BCUT2D eigenvalue weighted by molar-refractivity contribution is 7.13. The molecular formula is C10H6N4S. The number of aromatic nitrogens is 4. The van der Waals surface area contributed by atoms with E-state index >= 15 is 0 Å². The molecule has 3 rings (SSSR count). The number of thiophene rings is 1. The highest BCUT2D eigenvalue weighted by Gasteiger charge is 2.04. The van der Waals surface area contributed by atoms with Gasteiger partial charge in [0.05, 0.1) is 4.88 Å². The average Bonchev–Trinajstić information content (AvgIpc) is 2.82. The Hall–Kier alpha value is -1.88. The molecule has 0 bridgehead atoms. The van der Waals surface area contributed by atoms with Crippen molar-refractivity contribution in [1.82, 2.24) is 20.2 Å². The fourth-order valence-corrected chi connectivity index (χ4v) is 1.95. The number of rotatable bonds is 1. The molecule has 0 aliphatic rings. The van der Waals surface area contributed by atoms with Crippen molar-refractivity contribution in [2.24, 2.45) is 0 Å². The van der Waals surface area contributed by atoms with Crippen LogP contribution in [0.2, 0.25) is 0 Å². The van der Waals surface area contributed by atoms with E-state index < -0.39 is 0 Å². The Bertz CT molecular complexity index is 591. The molecule has 0 atom stereocenters. The van der Waals surface area contributed by atoms with Gasteiger partial charge in [0, 0.05) is 6.20 Å². The van der Waals surface area contributed by atoms with E-state index in [-0.39, 0.29) is 0 Å². The summed E-state index contributed by atoms with van der Waals surface area (Å²) in [5.74, 6) is 0.658. The van der Waals surface area contributed by atoms with Gasteiger partial charge in [0.25, 0.3) is 0 Å².